The highest BCUT2D eigenvalue weighted by Gasteiger charge is 2.01. The number of alkyl halides is 1. The summed E-state index contributed by atoms with van der Waals surface area (Å²) in [5, 5.41) is 1.03. The number of hydrogen-bond acceptors (Lipinski definition) is 1. The summed E-state index contributed by atoms with van der Waals surface area (Å²) in [5.41, 5.74) is 2.25. The van der Waals surface area contributed by atoms with E-state index in [1.54, 1.807) is 0 Å². The van der Waals surface area contributed by atoms with Gasteiger partial charge in [0.1, 0.15) is 0 Å². The lowest BCUT2D eigenvalue weighted by Crippen LogP contribution is -1.95. The molecule has 0 N–H and O–H groups in total. The van der Waals surface area contributed by atoms with Crippen LogP contribution in [0, 0.1) is 0 Å². The predicted molar refractivity (Wildman–Crippen MR) is 65.8 cm³/mol. The normalized spacial score (nSPS) is 11.0. The zero-order valence-electron chi connectivity index (χ0n) is 7.58. The zero-order valence-corrected chi connectivity index (χ0v) is 10.8. The van der Waals surface area contributed by atoms with E-state index in [1.165, 1.54) is 5.52 Å². The van der Waals surface area contributed by atoms with Crippen molar-refractivity contribution in [2.45, 2.75) is 13.0 Å². The van der Waals surface area contributed by atoms with E-state index in [0.717, 1.165) is 28.3 Å². The maximum Gasteiger partial charge on any atom is 0.0958 e. The van der Waals surface area contributed by atoms with E-state index >= 15 is 0 Å². The van der Waals surface area contributed by atoms with Crippen LogP contribution in [-0.4, -0.2) is 14.9 Å². The van der Waals surface area contributed by atoms with Gasteiger partial charge in [0.15, 0.2) is 0 Å². The molecule has 0 amide bonds. The van der Waals surface area contributed by atoms with Gasteiger partial charge in [0.25, 0.3) is 0 Å². The monoisotopic (exact) mass is 316 g/mol. The Bertz CT molecular complexity index is 437. The predicted octanol–water partition coefficient (Wildman–Crippen LogP) is 3.58. The minimum absolute atomic E-state index is 1.02. The molecule has 4 heteroatoms. The van der Waals surface area contributed by atoms with Crippen LogP contribution in [0.2, 0.25) is 0 Å². The highest BCUT2D eigenvalue weighted by atomic mass is 79.9. The number of imidazole rings is 1. The fourth-order valence-corrected chi connectivity index (χ4v) is 2.05. The molecule has 2 rings (SSSR count). The van der Waals surface area contributed by atoms with Crippen molar-refractivity contribution >= 4 is 42.9 Å². The Labute approximate surface area is 99.6 Å². The fourth-order valence-electron chi connectivity index (χ4n) is 1.45. The molecule has 2 nitrogen and oxygen atoms in total. The molecule has 0 aliphatic rings. The Balaban J connectivity index is 2.37. The third-order valence-corrected chi connectivity index (χ3v) is 3.17. The quantitative estimate of drug-likeness (QED) is 0.791. The van der Waals surface area contributed by atoms with Crippen molar-refractivity contribution in [1.29, 1.82) is 0 Å². The number of aromatic nitrogens is 2. The summed E-state index contributed by atoms with van der Waals surface area (Å²) in [6.07, 6.45) is 3.03. The summed E-state index contributed by atoms with van der Waals surface area (Å²) in [6.45, 7) is 1.02. The van der Waals surface area contributed by atoms with Crippen molar-refractivity contribution < 1.29 is 0 Å². The van der Waals surface area contributed by atoms with Crippen LogP contribution in [0.25, 0.3) is 11.0 Å². The number of rotatable bonds is 3. The first-order valence-electron chi connectivity index (χ1n) is 4.47. The first kappa shape index (κ1) is 10.2. The molecule has 0 aliphatic carbocycles. The number of fused-ring (bicyclic) bond motifs is 1. The van der Waals surface area contributed by atoms with Gasteiger partial charge in [-0.1, -0.05) is 31.9 Å². The largest absolute Gasteiger partial charge is 0.331 e. The highest BCUT2D eigenvalue weighted by molar-refractivity contribution is 9.10. The second-order valence-electron chi connectivity index (χ2n) is 3.11. The summed E-state index contributed by atoms with van der Waals surface area (Å²) in [5.74, 6) is 0. The molecule has 74 valence electrons. The molecule has 0 saturated heterocycles. The van der Waals surface area contributed by atoms with Crippen LogP contribution in [0.5, 0.6) is 0 Å². The molecule has 0 unspecified atom stereocenters. The van der Waals surface area contributed by atoms with E-state index in [4.69, 9.17) is 0 Å². The maximum absolute atomic E-state index is 4.35. The number of hydrogen-bond donors (Lipinski definition) is 0. The lowest BCUT2D eigenvalue weighted by Gasteiger charge is -2.01. The van der Waals surface area contributed by atoms with Crippen molar-refractivity contribution in [3.8, 4) is 0 Å². The molecule has 2 aromatic rings. The van der Waals surface area contributed by atoms with Gasteiger partial charge in [0.05, 0.1) is 17.4 Å². The smallest absolute Gasteiger partial charge is 0.0958 e. The molecule has 0 fully saturated rings. The maximum atomic E-state index is 4.35. The first-order valence-corrected chi connectivity index (χ1v) is 6.39. The van der Waals surface area contributed by atoms with Gasteiger partial charge in [-0.3, -0.25) is 0 Å². The van der Waals surface area contributed by atoms with Crippen molar-refractivity contribution in [3.05, 3.63) is 29.0 Å². The Morgan fingerprint density at radius 3 is 3.00 bits per heavy atom. The van der Waals surface area contributed by atoms with Gasteiger partial charge in [0, 0.05) is 16.3 Å². The first-order chi connectivity index (χ1) is 6.81. The van der Waals surface area contributed by atoms with E-state index in [9.17, 15) is 0 Å². The molecule has 0 spiro atoms. The van der Waals surface area contributed by atoms with Crippen LogP contribution in [0.4, 0.5) is 0 Å². The lowest BCUT2D eigenvalue weighted by molar-refractivity contribution is 0.705. The second-order valence-corrected chi connectivity index (χ2v) is 4.82. The van der Waals surface area contributed by atoms with Gasteiger partial charge < -0.3 is 4.57 Å². The summed E-state index contributed by atoms with van der Waals surface area (Å²) in [4.78, 5) is 4.35. The SMILES string of the molecule is BrCCCn1cnc2cc(Br)ccc21. The molecule has 0 radical (unpaired) electrons. The van der Waals surface area contributed by atoms with E-state index in [2.05, 4.69) is 53.5 Å². The third kappa shape index (κ3) is 2.01. The van der Waals surface area contributed by atoms with Crippen LogP contribution in [0.1, 0.15) is 6.42 Å². The third-order valence-electron chi connectivity index (χ3n) is 2.12. The number of nitrogens with zero attached hydrogens (tertiary/aromatic N) is 2. The Morgan fingerprint density at radius 2 is 2.21 bits per heavy atom. The molecule has 1 heterocycles. The highest BCUT2D eigenvalue weighted by Crippen LogP contribution is 2.18. The van der Waals surface area contributed by atoms with Crippen LogP contribution >= 0.6 is 31.9 Å². The Morgan fingerprint density at radius 1 is 1.36 bits per heavy atom. The van der Waals surface area contributed by atoms with Gasteiger partial charge in [-0.2, -0.15) is 0 Å². The minimum atomic E-state index is 1.02. The molecule has 1 aromatic heterocycles. The standard InChI is InChI=1S/C10H10Br2N2/c11-4-1-5-14-7-13-9-6-8(12)2-3-10(9)14/h2-3,6-7H,1,4-5H2. The molecule has 0 atom stereocenters. The van der Waals surface area contributed by atoms with Crippen LogP contribution in [-0.2, 0) is 6.54 Å². The van der Waals surface area contributed by atoms with Crippen LogP contribution in [0.15, 0.2) is 29.0 Å². The van der Waals surface area contributed by atoms with Gasteiger partial charge in [-0.15, -0.1) is 0 Å². The van der Waals surface area contributed by atoms with Crippen molar-refractivity contribution in [3.63, 3.8) is 0 Å². The molecule has 0 aliphatic heterocycles. The summed E-state index contributed by atoms with van der Waals surface area (Å²) < 4.78 is 3.26. The van der Waals surface area contributed by atoms with E-state index in [0.29, 0.717) is 0 Å². The van der Waals surface area contributed by atoms with Crippen LogP contribution in [0.3, 0.4) is 0 Å². The van der Waals surface area contributed by atoms with Crippen LogP contribution < -0.4 is 0 Å². The lowest BCUT2D eigenvalue weighted by atomic mass is 10.3. The van der Waals surface area contributed by atoms with Gasteiger partial charge in [0.2, 0.25) is 0 Å². The van der Waals surface area contributed by atoms with Gasteiger partial charge in [-0.25, -0.2) is 4.98 Å². The number of benzene rings is 1. The molecule has 0 saturated carbocycles. The Hall–Kier alpha value is -0.350. The molecule has 0 bridgehead atoms. The minimum Gasteiger partial charge on any atom is -0.331 e. The zero-order chi connectivity index (χ0) is 9.97. The van der Waals surface area contributed by atoms with Gasteiger partial charge in [-0.05, 0) is 24.6 Å². The average Bonchev–Trinajstić information content (AvgIpc) is 2.57. The number of halogens is 2. The molecular formula is C10H10Br2N2. The molecular weight excluding hydrogens is 308 g/mol. The van der Waals surface area contributed by atoms with E-state index in [1.807, 2.05) is 12.4 Å². The molecule has 14 heavy (non-hydrogen) atoms. The summed E-state index contributed by atoms with van der Waals surface area (Å²) in [6, 6.07) is 6.19. The van der Waals surface area contributed by atoms with E-state index < -0.39 is 0 Å². The second kappa shape index (κ2) is 4.45. The summed E-state index contributed by atoms with van der Waals surface area (Å²) >= 11 is 6.87. The average molecular weight is 318 g/mol. The fraction of sp³-hybridized carbons (Fsp3) is 0.300. The van der Waals surface area contributed by atoms with Gasteiger partial charge >= 0.3 is 0 Å². The summed E-state index contributed by atoms with van der Waals surface area (Å²) in [7, 11) is 0. The van der Waals surface area contributed by atoms with Crippen molar-refractivity contribution in [2.75, 3.05) is 5.33 Å². The topological polar surface area (TPSA) is 17.8 Å². The van der Waals surface area contributed by atoms with Crippen molar-refractivity contribution in [2.24, 2.45) is 0 Å². The Kier molecular flexibility index (Phi) is 3.23. The van der Waals surface area contributed by atoms with E-state index in [-0.39, 0.29) is 0 Å². The van der Waals surface area contributed by atoms with Crippen molar-refractivity contribution in [1.82, 2.24) is 9.55 Å². The molecule has 1 aromatic carbocycles. The number of aryl methyl sites for hydroxylation is 1.